The predicted octanol–water partition coefficient (Wildman–Crippen LogP) is 7.04. The predicted molar refractivity (Wildman–Crippen MR) is 182 cm³/mol. The maximum atomic E-state index is 14.7. The molecule has 0 atom stereocenters. The average molecular weight is 731 g/mol. The van der Waals surface area contributed by atoms with E-state index < -0.39 is 33.2 Å². The van der Waals surface area contributed by atoms with E-state index in [4.69, 9.17) is 9.47 Å². The SMILES string of the molecule is CC(F)(F)c1cc(CN2CCNCC2)ccc1Oc1ccc(S(=O)(=O)c2ccc(Oc3ccc(CN4CCNCC4)cc3C(F)(F)F)cc2)cc1. The maximum Gasteiger partial charge on any atom is 0.419 e. The van der Waals surface area contributed by atoms with E-state index in [-0.39, 0.29) is 32.6 Å². The lowest BCUT2D eigenvalue weighted by molar-refractivity contribution is -0.138. The molecule has 0 aliphatic carbocycles. The van der Waals surface area contributed by atoms with Crippen molar-refractivity contribution in [1.29, 1.82) is 0 Å². The summed E-state index contributed by atoms with van der Waals surface area (Å²) in [6.45, 7) is 8.04. The third kappa shape index (κ3) is 9.24. The van der Waals surface area contributed by atoms with Gasteiger partial charge in [-0.1, -0.05) is 12.1 Å². The molecule has 2 fully saturated rings. The third-order valence-electron chi connectivity index (χ3n) is 8.82. The van der Waals surface area contributed by atoms with Crippen molar-refractivity contribution < 1.29 is 39.8 Å². The number of piperazine rings is 2. The quantitative estimate of drug-likeness (QED) is 0.159. The van der Waals surface area contributed by atoms with Crippen LogP contribution in [-0.2, 0) is 35.0 Å². The molecule has 2 aliphatic rings. The van der Waals surface area contributed by atoms with Gasteiger partial charge in [-0.25, -0.2) is 17.2 Å². The number of nitrogens with zero attached hydrogens (tertiary/aromatic N) is 2. The molecule has 8 nitrogen and oxygen atoms in total. The Morgan fingerprint density at radius 1 is 0.608 bits per heavy atom. The molecule has 0 saturated carbocycles. The number of hydrogen-bond donors (Lipinski definition) is 2. The van der Waals surface area contributed by atoms with E-state index in [0.29, 0.717) is 18.7 Å². The summed E-state index contributed by atoms with van der Waals surface area (Å²) >= 11 is 0. The van der Waals surface area contributed by atoms with Crippen LogP contribution in [0.15, 0.2) is 94.7 Å². The van der Waals surface area contributed by atoms with Crippen molar-refractivity contribution in [2.75, 3.05) is 52.4 Å². The molecule has 2 saturated heterocycles. The Balaban J connectivity index is 1.14. The van der Waals surface area contributed by atoms with Gasteiger partial charge in [-0.2, -0.15) is 13.2 Å². The highest BCUT2D eigenvalue weighted by Gasteiger charge is 2.35. The number of ether oxygens (including phenoxy) is 2. The Hall–Kier alpha value is -4.08. The smallest absolute Gasteiger partial charge is 0.419 e. The van der Waals surface area contributed by atoms with Crippen molar-refractivity contribution in [1.82, 2.24) is 20.4 Å². The van der Waals surface area contributed by atoms with Gasteiger partial charge in [0.2, 0.25) is 9.84 Å². The van der Waals surface area contributed by atoms with E-state index in [9.17, 15) is 30.4 Å². The molecule has 2 heterocycles. The van der Waals surface area contributed by atoms with Crippen LogP contribution in [0.3, 0.4) is 0 Å². The van der Waals surface area contributed by atoms with Gasteiger partial charge in [-0.3, -0.25) is 9.80 Å². The zero-order chi connectivity index (χ0) is 36.2. The summed E-state index contributed by atoms with van der Waals surface area (Å²) in [7, 11) is -4.05. The lowest BCUT2D eigenvalue weighted by Gasteiger charge is -2.27. The topological polar surface area (TPSA) is 83.1 Å². The molecule has 4 aromatic carbocycles. The number of sulfone groups is 1. The first-order valence-corrected chi connectivity index (χ1v) is 18.1. The second kappa shape index (κ2) is 15.3. The first-order valence-electron chi connectivity index (χ1n) is 16.6. The van der Waals surface area contributed by atoms with Crippen molar-refractivity contribution >= 4 is 9.84 Å². The van der Waals surface area contributed by atoms with E-state index in [1.54, 1.807) is 12.1 Å². The fraction of sp³-hybridized carbons (Fsp3) is 0.351. The average Bonchev–Trinajstić information content (AvgIpc) is 3.10. The molecule has 0 radical (unpaired) electrons. The summed E-state index contributed by atoms with van der Waals surface area (Å²) in [5, 5.41) is 6.48. The van der Waals surface area contributed by atoms with E-state index in [1.165, 1.54) is 66.7 Å². The number of hydrogen-bond acceptors (Lipinski definition) is 8. The largest absolute Gasteiger partial charge is 0.457 e. The van der Waals surface area contributed by atoms with E-state index >= 15 is 0 Å². The van der Waals surface area contributed by atoms with Gasteiger partial charge in [0.15, 0.2) is 0 Å². The van der Waals surface area contributed by atoms with Crippen molar-refractivity contribution in [2.45, 2.75) is 41.9 Å². The lowest BCUT2D eigenvalue weighted by Crippen LogP contribution is -2.42. The van der Waals surface area contributed by atoms with Crippen LogP contribution in [0.25, 0.3) is 0 Å². The van der Waals surface area contributed by atoms with Crippen LogP contribution < -0.4 is 20.1 Å². The van der Waals surface area contributed by atoms with E-state index in [0.717, 1.165) is 70.9 Å². The number of halogens is 5. The molecule has 14 heteroatoms. The Labute approximate surface area is 294 Å². The Morgan fingerprint density at radius 3 is 1.39 bits per heavy atom. The zero-order valence-corrected chi connectivity index (χ0v) is 28.8. The molecule has 0 spiro atoms. The monoisotopic (exact) mass is 730 g/mol. The van der Waals surface area contributed by atoms with Crippen molar-refractivity contribution in [3.05, 3.63) is 107 Å². The summed E-state index contributed by atoms with van der Waals surface area (Å²) in [5.41, 5.74) is 0.0499. The molecular formula is C37H39F5N4O4S. The molecule has 2 N–H and O–H groups in total. The zero-order valence-electron chi connectivity index (χ0n) is 28.0. The molecule has 0 bridgehead atoms. The Morgan fingerprint density at radius 2 is 1.00 bits per heavy atom. The minimum atomic E-state index is -4.67. The van der Waals surface area contributed by atoms with Crippen molar-refractivity contribution in [2.24, 2.45) is 0 Å². The number of benzene rings is 4. The summed E-state index contributed by atoms with van der Waals surface area (Å²) in [6, 6.07) is 19.1. The van der Waals surface area contributed by atoms with Crippen LogP contribution in [0, 0.1) is 0 Å². The Kier molecular flexibility index (Phi) is 11.0. The molecule has 2 aliphatic heterocycles. The molecule has 51 heavy (non-hydrogen) atoms. The van der Waals surface area contributed by atoms with Crippen LogP contribution in [-0.4, -0.2) is 70.6 Å². The molecular weight excluding hydrogens is 691 g/mol. The van der Waals surface area contributed by atoms with E-state index in [2.05, 4.69) is 20.4 Å². The molecule has 0 amide bonds. The summed E-state index contributed by atoms with van der Waals surface area (Å²) < 4.78 is 110. The highest BCUT2D eigenvalue weighted by atomic mass is 32.2. The third-order valence-corrected chi connectivity index (χ3v) is 10.6. The molecule has 0 unspecified atom stereocenters. The molecule has 6 rings (SSSR count). The number of alkyl halides is 5. The summed E-state index contributed by atoms with van der Waals surface area (Å²) in [6.07, 6.45) is -4.67. The molecule has 0 aromatic heterocycles. The standard InChI is InChI=1S/C37H39F5N4O4S/c1-36(38,39)32-22-26(24-45-18-14-43-15-19-45)2-12-34(32)49-28-4-8-30(9-5-28)51(47,48)31-10-6-29(7-11-31)50-35-13-3-27(23-33(35)37(40,41)42)25-46-20-16-44-17-21-46/h2-13,22-23,43-44H,14-21,24-25H2,1H3. The fourth-order valence-corrected chi connectivity index (χ4v) is 7.37. The highest BCUT2D eigenvalue weighted by Crippen LogP contribution is 2.40. The van der Waals surface area contributed by atoms with Gasteiger partial charge in [0.25, 0.3) is 5.92 Å². The first-order chi connectivity index (χ1) is 24.3. The second-order valence-corrected chi connectivity index (χ2v) is 14.7. The normalized spacial score (nSPS) is 16.6. The summed E-state index contributed by atoms with van der Waals surface area (Å²) in [4.78, 5) is 4.05. The second-order valence-electron chi connectivity index (χ2n) is 12.7. The van der Waals surface area contributed by atoms with Gasteiger partial charge in [0.05, 0.1) is 20.9 Å². The lowest BCUT2D eigenvalue weighted by atomic mass is 10.0. The van der Waals surface area contributed by atoms with Crippen LogP contribution in [0.4, 0.5) is 22.0 Å². The van der Waals surface area contributed by atoms with Gasteiger partial charge in [-0.05, 0) is 83.9 Å². The van der Waals surface area contributed by atoms with E-state index in [1.807, 2.05) is 0 Å². The maximum absolute atomic E-state index is 14.7. The molecule has 4 aromatic rings. The number of nitrogens with one attached hydrogen (secondary N) is 2. The molecule has 272 valence electrons. The minimum absolute atomic E-state index is 0.0283. The Bertz CT molecular complexity index is 1770. The van der Waals surface area contributed by atoms with Gasteiger partial charge in [0.1, 0.15) is 23.0 Å². The van der Waals surface area contributed by atoms with Gasteiger partial charge in [-0.15, -0.1) is 0 Å². The van der Waals surface area contributed by atoms with Gasteiger partial charge < -0.3 is 20.1 Å². The van der Waals surface area contributed by atoms with Crippen molar-refractivity contribution in [3.8, 4) is 23.0 Å². The van der Waals surface area contributed by atoms with Gasteiger partial charge in [0, 0.05) is 72.4 Å². The van der Waals surface area contributed by atoms with Crippen LogP contribution in [0.5, 0.6) is 23.0 Å². The summed E-state index contributed by atoms with van der Waals surface area (Å²) in [5.74, 6) is -3.42. The van der Waals surface area contributed by atoms with Crippen LogP contribution in [0.1, 0.15) is 29.2 Å². The van der Waals surface area contributed by atoms with Gasteiger partial charge >= 0.3 is 6.18 Å². The minimum Gasteiger partial charge on any atom is -0.457 e. The van der Waals surface area contributed by atoms with Crippen LogP contribution >= 0.6 is 0 Å². The van der Waals surface area contributed by atoms with Crippen molar-refractivity contribution in [3.63, 3.8) is 0 Å². The van der Waals surface area contributed by atoms with Crippen LogP contribution in [0.2, 0.25) is 0 Å². The first kappa shape index (κ1) is 36.7. The highest BCUT2D eigenvalue weighted by molar-refractivity contribution is 7.91. The number of rotatable bonds is 11. The fourth-order valence-electron chi connectivity index (χ4n) is 6.11.